The van der Waals surface area contributed by atoms with E-state index < -0.39 is 11.9 Å². The first-order valence-electron chi connectivity index (χ1n) is 11.7. The summed E-state index contributed by atoms with van der Waals surface area (Å²) >= 11 is 0. The van der Waals surface area contributed by atoms with Gasteiger partial charge in [0.1, 0.15) is 6.61 Å². The molecule has 0 aliphatic rings. The van der Waals surface area contributed by atoms with Crippen molar-refractivity contribution in [2.75, 3.05) is 0 Å². The summed E-state index contributed by atoms with van der Waals surface area (Å²) in [5, 5.41) is 54.1. The molecule has 0 saturated carbocycles. The SMILES string of the molecule is Cc1c(C(=O)O)ccc(O)c1O.Cc1c(C(=O)OCc2ccccc2)ccc(O)c1O.OCc1ccccc1. The Morgan fingerprint density at radius 1 is 0.641 bits per heavy atom. The lowest BCUT2D eigenvalue weighted by Crippen LogP contribution is -2.07. The van der Waals surface area contributed by atoms with E-state index in [9.17, 15) is 19.8 Å². The Hall–Kier alpha value is -5.02. The van der Waals surface area contributed by atoms with Crippen LogP contribution in [0.2, 0.25) is 0 Å². The normalized spacial score (nSPS) is 9.82. The zero-order valence-corrected chi connectivity index (χ0v) is 21.4. The fraction of sp³-hybridized carbons (Fsp3) is 0.133. The molecule has 4 aromatic rings. The van der Waals surface area contributed by atoms with Crippen LogP contribution in [0.3, 0.4) is 0 Å². The van der Waals surface area contributed by atoms with Gasteiger partial charge in [0.25, 0.3) is 0 Å². The molecular formula is C30H30O9. The summed E-state index contributed by atoms with van der Waals surface area (Å²) in [5.74, 6) is -2.89. The minimum atomic E-state index is -1.12. The molecule has 4 aromatic carbocycles. The monoisotopic (exact) mass is 534 g/mol. The summed E-state index contributed by atoms with van der Waals surface area (Å²) in [4.78, 5) is 22.4. The van der Waals surface area contributed by atoms with Gasteiger partial charge in [-0.1, -0.05) is 60.7 Å². The highest BCUT2D eigenvalue weighted by atomic mass is 16.5. The Balaban J connectivity index is 0.000000227. The number of carboxylic acids is 1. The molecule has 0 spiro atoms. The average Bonchev–Trinajstić information content (AvgIpc) is 2.95. The van der Waals surface area contributed by atoms with E-state index in [1.54, 1.807) is 6.92 Å². The van der Waals surface area contributed by atoms with E-state index in [4.69, 9.17) is 25.2 Å². The van der Waals surface area contributed by atoms with Crippen molar-refractivity contribution in [2.24, 2.45) is 0 Å². The first-order chi connectivity index (χ1) is 18.6. The van der Waals surface area contributed by atoms with Crippen molar-refractivity contribution in [1.29, 1.82) is 0 Å². The number of aromatic carboxylic acids is 1. The Bertz CT molecular complexity index is 1380. The first-order valence-corrected chi connectivity index (χ1v) is 11.7. The van der Waals surface area contributed by atoms with Gasteiger partial charge in [0.2, 0.25) is 0 Å². The van der Waals surface area contributed by atoms with Crippen molar-refractivity contribution in [2.45, 2.75) is 27.1 Å². The minimum absolute atomic E-state index is 0.00898. The number of benzene rings is 4. The van der Waals surface area contributed by atoms with Crippen LogP contribution in [0.5, 0.6) is 23.0 Å². The van der Waals surface area contributed by atoms with Crippen LogP contribution in [0.15, 0.2) is 84.9 Å². The number of phenols is 4. The van der Waals surface area contributed by atoms with E-state index in [1.165, 1.54) is 25.1 Å². The number of aliphatic hydroxyl groups excluding tert-OH is 1. The molecule has 39 heavy (non-hydrogen) atoms. The number of rotatable bonds is 5. The third-order valence-electron chi connectivity index (χ3n) is 5.51. The number of hydrogen-bond acceptors (Lipinski definition) is 8. The molecule has 9 heteroatoms. The minimum Gasteiger partial charge on any atom is -0.504 e. The molecule has 9 nitrogen and oxygen atoms in total. The third-order valence-corrected chi connectivity index (χ3v) is 5.51. The highest BCUT2D eigenvalue weighted by molar-refractivity contribution is 5.92. The number of esters is 1. The van der Waals surface area contributed by atoms with E-state index in [1.807, 2.05) is 60.7 Å². The quantitative estimate of drug-likeness (QED) is 0.152. The summed E-state index contributed by atoms with van der Waals surface area (Å²) in [5.41, 5.74) is 2.56. The van der Waals surface area contributed by atoms with Crippen LogP contribution in [0, 0.1) is 13.8 Å². The molecule has 0 bridgehead atoms. The molecule has 0 aliphatic carbocycles. The lowest BCUT2D eigenvalue weighted by Gasteiger charge is -2.09. The van der Waals surface area contributed by atoms with E-state index in [0.717, 1.165) is 17.2 Å². The van der Waals surface area contributed by atoms with Gasteiger partial charge >= 0.3 is 11.9 Å². The predicted octanol–water partition coefficient (Wildman–Crippen LogP) is 5.05. The number of hydrogen-bond donors (Lipinski definition) is 6. The number of carbonyl (C=O) groups excluding carboxylic acids is 1. The summed E-state index contributed by atoms with van der Waals surface area (Å²) in [6, 6.07) is 23.9. The standard InChI is InChI=1S/C15H14O4.C8H8O4.C7H8O/c1-10-12(7-8-13(16)14(10)17)15(18)19-9-11-5-3-2-4-6-11;1-4-5(8(11)12)2-3-6(9)7(4)10;8-6-7-4-2-1-3-5-7/h2-8,16-17H,9H2,1H3;2-3,9-10H,1H3,(H,11,12);1-5,8H,6H2. The molecule has 0 aromatic heterocycles. The summed E-state index contributed by atoms with van der Waals surface area (Å²) in [7, 11) is 0. The number of phenolic OH excluding ortho intramolecular Hbond substituents is 4. The van der Waals surface area contributed by atoms with E-state index in [-0.39, 0.29) is 52.9 Å². The second kappa shape index (κ2) is 14.7. The van der Waals surface area contributed by atoms with Gasteiger partial charge in [0.15, 0.2) is 23.0 Å². The maximum Gasteiger partial charge on any atom is 0.338 e. The van der Waals surface area contributed by atoms with Gasteiger partial charge in [0.05, 0.1) is 17.7 Å². The van der Waals surface area contributed by atoms with Crippen LogP contribution in [0.1, 0.15) is 43.0 Å². The van der Waals surface area contributed by atoms with Crippen LogP contribution in [0.25, 0.3) is 0 Å². The van der Waals surface area contributed by atoms with Crippen molar-refractivity contribution >= 4 is 11.9 Å². The third kappa shape index (κ3) is 8.80. The molecule has 0 heterocycles. The summed E-state index contributed by atoms with van der Waals surface area (Å²) in [6.45, 7) is 3.29. The van der Waals surface area contributed by atoms with Crippen LogP contribution >= 0.6 is 0 Å². The average molecular weight is 535 g/mol. The Morgan fingerprint density at radius 3 is 1.51 bits per heavy atom. The fourth-order valence-electron chi connectivity index (χ4n) is 3.21. The fourth-order valence-corrected chi connectivity index (χ4v) is 3.21. The van der Waals surface area contributed by atoms with Crippen LogP contribution < -0.4 is 0 Å². The summed E-state index contributed by atoms with van der Waals surface area (Å²) in [6.07, 6.45) is 0. The van der Waals surface area contributed by atoms with E-state index in [2.05, 4.69) is 0 Å². The zero-order chi connectivity index (χ0) is 28.9. The van der Waals surface area contributed by atoms with Crippen molar-refractivity contribution in [3.63, 3.8) is 0 Å². The van der Waals surface area contributed by atoms with Crippen molar-refractivity contribution in [3.8, 4) is 23.0 Å². The number of carbonyl (C=O) groups is 2. The topological polar surface area (TPSA) is 165 Å². The highest BCUT2D eigenvalue weighted by Crippen LogP contribution is 2.31. The molecule has 0 aliphatic heterocycles. The molecular weight excluding hydrogens is 504 g/mol. The number of aliphatic hydroxyl groups is 1. The molecule has 204 valence electrons. The second-order valence-corrected chi connectivity index (χ2v) is 8.22. The molecule has 0 fully saturated rings. The zero-order valence-electron chi connectivity index (χ0n) is 21.4. The Kier molecular flexibility index (Phi) is 11.3. The molecule has 4 rings (SSSR count). The van der Waals surface area contributed by atoms with Gasteiger partial charge in [-0.15, -0.1) is 0 Å². The molecule has 0 saturated heterocycles. The van der Waals surface area contributed by atoms with Gasteiger partial charge < -0.3 is 35.4 Å². The van der Waals surface area contributed by atoms with Gasteiger partial charge in [-0.25, -0.2) is 9.59 Å². The highest BCUT2D eigenvalue weighted by Gasteiger charge is 2.16. The van der Waals surface area contributed by atoms with Gasteiger partial charge in [-0.3, -0.25) is 0 Å². The van der Waals surface area contributed by atoms with E-state index in [0.29, 0.717) is 5.56 Å². The number of ether oxygens (including phenoxy) is 1. The second-order valence-electron chi connectivity index (χ2n) is 8.22. The smallest absolute Gasteiger partial charge is 0.338 e. The largest absolute Gasteiger partial charge is 0.504 e. The lowest BCUT2D eigenvalue weighted by molar-refractivity contribution is 0.0471. The summed E-state index contributed by atoms with van der Waals surface area (Å²) < 4.78 is 5.16. The van der Waals surface area contributed by atoms with Gasteiger partial charge in [-0.2, -0.15) is 0 Å². The molecule has 0 atom stereocenters. The van der Waals surface area contributed by atoms with Gasteiger partial charge in [-0.05, 0) is 49.2 Å². The van der Waals surface area contributed by atoms with Crippen molar-refractivity contribution in [3.05, 3.63) is 118 Å². The number of aromatic hydroxyl groups is 4. The first kappa shape index (κ1) is 30.2. The van der Waals surface area contributed by atoms with Crippen LogP contribution in [-0.4, -0.2) is 42.6 Å². The predicted molar refractivity (Wildman–Crippen MR) is 144 cm³/mol. The molecule has 0 unspecified atom stereocenters. The lowest BCUT2D eigenvalue weighted by atomic mass is 10.1. The van der Waals surface area contributed by atoms with Crippen LogP contribution in [0.4, 0.5) is 0 Å². The van der Waals surface area contributed by atoms with Crippen molar-refractivity contribution < 1.29 is 45.0 Å². The maximum atomic E-state index is 11.9. The Labute approximate surface area is 225 Å². The maximum absolute atomic E-state index is 11.9. The van der Waals surface area contributed by atoms with E-state index >= 15 is 0 Å². The molecule has 6 N–H and O–H groups in total. The van der Waals surface area contributed by atoms with Gasteiger partial charge in [0, 0.05) is 11.1 Å². The Morgan fingerprint density at radius 2 is 1.08 bits per heavy atom. The van der Waals surface area contributed by atoms with Crippen molar-refractivity contribution in [1.82, 2.24) is 0 Å². The molecule has 0 amide bonds. The number of carboxylic acid groups (broad SMARTS) is 1. The van der Waals surface area contributed by atoms with Crippen LogP contribution in [-0.2, 0) is 18.0 Å². The molecule has 0 radical (unpaired) electrons.